The van der Waals surface area contributed by atoms with E-state index >= 15 is 0 Å². The molecule has 0 amide bonds. The molecule has 0 rings (SSSR count). The highest BCUT2D eigenvalue weighted by atomic mass is 32.1. The fourth-order valence-electron chi connectivity index (χ4n) is 0.341. The minimum Gasteiger partial charge on any atom is -0.176 e. The predicted molar refractivity (Wildman–Crippen MR) is 37.9 cm³/mol. The second kappa shape index (κ2) is 3.36. The van der Waals surface area contributed by atoms with Crippen LogP contribution in [0.3, 0.4) is 0 Å². The molecule has 0 saturated heterocycles. The Kier molecular flexibility index (Phi) is 3.53. The molecule has 0 N–H and O–H groups in total. The summed E-state index contributed by atoms with van der Waals surface area (Å²) in [6, 6.07) is 0. The normalized spacial score (nSPS) is 18.9. The fraction of sp³-hybridized carbons (Fsp3) is 1.00. The van der Waals surface area contributed by atoms with Gasteiger partial charge in [0, 0.05) is 5.25 Å². The largest absolute Gasteiger partial charge is 0.176 e. The zero-order chi connectivity index (χ0) is 5.86. The van der Waals surface area contributed by atoms with Crippen LogP contribution in [0.2, 0.25) is 0 Å². The van der Waals surface area contributed by atoms with E-state index in [2.05, 4.69) is 33.4 Å². The number of hydrogen-bond donors (Lipinski definition) is 1. The average Bonchev–Trinajstić information content (AvgIpc) is 1.65. The lowest BCUT2D eigenvalue weighted by Crippen LogP contribution is -2.04. The van der Waals surface area contributed by atoms with Crippen molar-refractivity contribution in [3.8, 4) is 0 Å². The van der Waals surface area contributed by atoms with Gasteiger partial charge in [-0.15, -0.1) is 0 Å². The highest BCUT2D eigenvalue weighted by molar-refractivity contribution is 7.80. The molecule has 0 nitrogen and oxygen atoms in total. The van der Waals surface area contributed by atoms with Gasteiger partial charge in [0.15, 0.2) is 0 Å². The van der Waals surface area contributed by atoms with Crippen LogP contribution >= 0.6 is 12.6 Å². The summed E-state index contributed by atoms with van der Waals surface area (Å²) in [7, 11) is 0. The van der Waals surface area contributed by atoms with Crippen molar-refractivity contribution in [2.24, 2.45) is 5.92 Å². The van der Waals surface area contributed by atoms with E-state index in [4.69, 9.17) is 0 Å². The minimum atomic E-state index is 0.560. The van der Waals surface area contributed by atoms with E-state index in [1.165, 1.54) is 6.42 Å². The molecule has 44 valence electrons. The maximum Gasteiger partial charge on any atom is 0.00140 e. The Morgan fingerprint density at radius 1 is 1.43 bits per heavy atom. The Bertz CT molecular complexity index is 41.4. The molecule has 0 bridgehead atoms. The minimum absolute atomic E-state index is 0.560. The lowest BCUT2D eigenvalue weighted by molar-refractivity contribution is 0.560. The summed E-state index contributed by atoms with van der Waals surface area (Å²) in [4.78, 5) is 0. The van der Waals surface area contributed by atoms with Crippen LogP contribution in [0.25, 0.3) is 0 Å². The standard InChI is InChI=1S/C6H14S/c1-4-5(2)6(3)7/h5-7H,4H2,1-3H3/t5-,6-/m0/s1. The van der Waals surface area contributed by atoms with E-state index in [-0.39, 0.29) is 0 Å². The van der Waals surface area contributed by atoms with Gasteiger partial charge in [-0.2, -0.15) is 12.6 Å². The molecule has 0 saturated carbocycles. The molecular weight excluding hydrogens is 104 g/mol. The molecule has 1 heteroatoms. The molecule has 0 fully saturated rings. The molecule has 0 aromatic rings. The molecule has 7 heavy (non-hydrogen) atoms. The van der Waals surface area contributed by atoms with Crippen LogP contribution < -0.4 is 0 Å². The van der Waals surface area contributed by atoms with Crippen LogP contribution in [0.5, 0.6) is 0 Å². The van der Waals surface area contributed by atoms with Crippen molar-refractivity contribution < 1.29 is 0 Å². The highest BCUT2D eigenvalue weighted by Gasteiger charge is 2.02. The Labute approximate surface area is 51.7 Å². The van der Waals surface area contributed by atoms with Crippen molar-refractivity contribution in [1.82, 2.24) is 0 Å². The molecule has 0 spiro atoms. The van der Waals surface area contributed by atoms with Crippen LogP contribution in [-0.2, 0) is 0 Å². The van der Waals surface area contributed by atoms with Crippen molar-refractivity contribution in [2.75, 3.05) is 0 Å². The van der Waals surface area contributed by atoms with Gasteiger partial charge in [-0.05, 0) is 5.92 Å². The van der Waals surface area contributed by atoms with Gasteiger partial charge in [0.25, 0.3) is 0 Å². The maximum absolute atomic E-state index is 4.27. The van der Waals surface area contributed by atoms with Crippen molar-refractivity contribution in [3.63, 3.8) is 0 Å². The zero-order valence-corrected chi connectivity index (χ0v) is 6.20. The molecule has 0 aliphatic rings. The van der Waals surface area contributed by atoms with Gasteiger partial charge in [-0.1, -0.05) is 27.2 Å². The third-order valence-electron chi connectivity index (χ3n) is 1.47. The first-order chi connectivity index (χ1) is 3.18. The molecule has 0 heterocycles. The third kappa shape index (κ3) is 2.98. The van der Waals surface area contributed by atoms with Gasteiger partial charge in [0.2, 0.25) is 0 Å². The summed E-state index contributed by atoms with van der Waals surface area (Å²) >= 11 is 4.27. The lowest BCUT2D eigenvalue weighted by atomic mass is 10.1. The smallest absolute Gasteiger partial charge is 0.00140 e. The first-order valence-corrected chi connectivity index (χ1v) is 3.38. The molecule has 0 aromatic carbocycles. The van der Waals surface area contributed by atoms with E-state index in [0.717, 1.165) is 5.92 Å². The first-order valence-electron chi connectivity index (χ1n) is 2.86. The van der Waals surface area contributed by atoms with E-state index in [1.807, 2.05) is 0 Å². The average molecular weight is 118 g/mol. The SMILES string of the molecule is CC[C@H](C)[C@H](C)S. The molecule has 0 aliphatic heterocycles. The van der Waals surface area contributed by atoms with Crippen molar-refractivity contribution >= 4 is 12.6 Å². The van der Waals surface area contributed by atoms with Gasteiger partial charge < -0.3 is 0 Å². The molecule has 0 unspecified atom stereocenters. The van der Waals surface area contributed by atoms with Gasteiger partial charge in [0.1, 0.15) is 0 Å². The molecule has 2 atom stereocenters. The van der Waals surface area contributed by atoms with Crippen LogP contribution in [0.4, 0.5) is 0 Å². The van der Waals surface area contributed by atoms with E-state index in [1.54, 1.807) is 0 Å². The predicted octanol–water partition coefficient (Wildman–Crippen LogP) is 2.35. The fourth-order valence-corrected chi connectivity index (χ4v) is 0.552. The van der Waals surface area contributed by atoms with Crippen molar-refractivity contribution in [3.05, 3.63) is 0 Å². The van der Waals surface area contributed by atoms with Gasteiger partial charge >= 0.3 is 0 Å². The maximum atomic E-state index is 4.27. The topological polar surface area (TPSA) is 0 Å². The second-order valence-electron chi connectivity index (χ2n) is 2.13. The first kappa shape index (κ1) is 7.35. The molecule has 0 radical (unpaired) electrons. The summed E-state index contributed by atoms with van der Waals surface area (Å²) < 4.78 is 0. The van der Waals surface area contributed by atoms with E-state index in [9.17, 15) is 0 Å². The van der Waals surface area contributed by atoms with E-state index < -0.39 is 0 Å². The van der Waals surface area contributed by atoms with Crippen LogP contribution in [-0.4, -0.2) is 5.25 Å². The summed E-state index contributed by atoms with van der Waals surface area (Å²) in [5.41, 5.74) is 0. The van der Waals surface area contributed by atoms with Crippen molar-refractivity contribution in [2.45, 2.75) is 32.4 Å². The Balaban J connectivity index is 3.14. The second-order valence-corrected chi connectivity index (χ2v) is 2.94. The molecule has 0 aliphatic carbocycles. The zero-order valence-electron chi connectivity index (χ0n) is 5.31. The molecular formula is C6H14S. The molecule has 0 aromatic heterocycles. The van der Waals surface area contributed by atoms with Crippen LogP contribution in [0, 0.1) is 5.92 Å². The summed E-state index contributed by atoms with van der Waals surface area (Å²) in [6.45, 7) is 6.55. The summed E-state index contributed by atoms with van der Waals surface area (Å²) in [5.74, 6) is 0.767. The van der Waals surface area contributed by atoms with Crippen LogP contribution in [0.1, 0.15) is 27.2 Å². The lowest BCUT2D eigenvalue weighted by Gasteiger charge is -2.09. The van der Waals surface area contributed by atoms with Crippen molar-refractivity contribution in [1.29, 1.82) is 0 Å². The van der Waals surface area contributed by atoms with Crippen LogP contribution in [0.15, 0.2) is 0 Å². The van der Waals surface area contributed by atoms with Gasteiger partial charge in [0.05, 0.1) is 0 Å². The Hall–Kier alpha value is 0.350. The third-order valence-corrected chi connectivity index (χ3v) is 1.98. The summed E-state index contributed by atoms with van der Waals surface area (Å²) in [6.07, 6.45) is 1.24. The number of thiol groups is 1. The Morgan fingerprint density at radius 2 is 1.86 bits per heavy atom. The summed E-state index contributed by atoms with van der Waals surface area (Å²) in [5, 5.41) is 0.560. The number of rotatable bonds is 2. The number of hydrogen-bond acceptors (Lipinski definition) is 1. The van der Waals surface area contributed by atoms with Gasteiger partial charge in [-0.25, -0.2) is 0 Å². The Morgan fingerprint density at radius 3 is 1.86 bits per heavy atom. The highest BCUT2D eigenvalue weighted by Crippen LogP contribution is 2.11. The quantitative estimate of drug-likeness (QED) is 0.529. The van der Waals surface area contributed by atoms with E-state index in [0.29, 0.717) is 5.25 Å². The van der Waals surface area contributed by atoms with Gasteiger partial charge in [-0.3, -0.25) is 0 Å². The monoisotopic (exact) mass is 118 g/mol.